The van der Waals surface area contributed by atoms with Gasteiger partial charge in [0.1, 0.15) is 0 Å². The topological polar surface area (TPSA) is 90.1 Å². The molecule has 18 heavy (non-hydrogen) atoms. The number of carboxylic acids is 1. The predicted molar refractivity (Wildman–Crippen MR) is 64.0 cm³/mol. The van der Waals surface area contributed by atoms with Gasteiger partial charge in [0.2, 0.25) is 0 Å². The zero-order valence-electron chi connectivity index (χ0n) is 11.1. The number of aromatic nitrogens is 4. The van der Waals surface area contributed by atoms with Gasteiger partial charge in [0.15, 0.2) is 5.82 Å². The van der Waals surface area contributed by atoms with E-state index in [-0.39, 0.29) is 6.54 Å². The lowest BCUT2D eigenvalue weighted by Crippen LogP contribution is -2.30. The minimum Gasteiger partial charge on any atom is -0.481 e. The SMILES string of the molecule is CCCOCCc1nnnn1CC(C)(C)C(=O)O. The van der Waals surface area contributed by atoms with Crippen molar-refractivity contribution in [3.8, 4) is 0 Å². The molecule has 0 aliphatic rings. The number of rotatable bonds is 8. The highest BCUT2D eigenvalue weighted by atomic mass is 16.5. The fourth-order valence-electron chi connectivity index (χ4n) is 1.38. The molecule has 0 saturated heterocycles. The normalized spacial score (nSPS) is 11.7. The average Bonchev–Trinajstić information content (AvgIpc) is 2.71. The Morgan fingerprint density at radius 2 is 2.17 bits per heavy atom. The first-order valence-electron chi connectivity index (χ1n) is 6.03. The fourth-order valence-corrected chi connectivity index (χ4v) is 1.38. The molecule has 1 rings (SSSR count). The number of carboxylic acid groups (broad SMARTS) is 1. The second kappa shape index (κ2) is 6.44. The molecule has 102 valence electrons. The van der Waals surface area contributed by atoms with Crippen LogP contribution in [0.5, 0.6) is 0 Å². The standard InChI is InChI=1S/C11H20N4O3/c1-4-6-18-7-5-9-12-13-14-15(9)8-11(2,3)10(16)17/h4-8H2,1-3H3,(H,16,17). The molecule has 0 fully saturated rings. The smallest absolute Gasteiger partial charge is 0.310 e. The van der Waals surface area contributed by atoms with Crippen LogP contribution in [-0.4, -0.2) is 44.5 Å². The molecule has 0 radical (unpaired) electrons. The molecule has 0 saturated carbocycles. The maximum atomic E-state index is 11.1. The number of tetrazole rings is 1. The van der Waals surface area contributed by atoms with Crippen molar-refractivity contribution in [2.24, 2.45) is 5.41 Å². The quantitative estimate of drug-likeness (QED) is 0.690. The molecule has 0 unspecified atom stereocenters. The minimum atomic E-state index is -0.894. The van der Waals surface area contributed by atoms with Gasteiger partial charge >= 0.3 is 5.97 Å². The van der Waals surface area contributed by atoms with Crippen molar-refractivity contribution >= 4 is 5.97 Å². The van der Waals surface area contributed by atoms with Crippen LogP contribution in [0.2, 0.25) is 0 Å². The van der Waals surface area contributed by atoms with E-state index in [9.17, 15) is 4.79 Å². The van der Waals surface area contributed by atoms with E-state index in [1.54, 1.807) is 13.8 Å². The Morgan fingerprint density at radius 1 is 1.44 bits per heavy atom. The van der Waals surface area contributed by atoms with Crippen LogP contribution in [0.3, 0.4) is 0 Å². The summed E-state index contributed by atoms with van der Waals surface area (Å²) in [6.45, 7) is 6.84. The van der Waals surface area contributed by atoms with Gasteiger partial charge in [0.25, 0.3) is 0 Å². The molecule has 7 nitrogen and oxygen atoms in total. The maximum Gasteiger partial charge on any atom is 0.310 e. The highest BCUT2D eigenvalue weighted by Crippen LogP contribution is 2.18. The zero-order valence-corrected chi connectivity index (χ0v) is 11.1. The highest BCUT2D eigenvalue weighted by Gasteiger charge is 2.29. The molecule has 1 heterocycles. The van der Waals surface area contributed by atoms with Gasteiger partial charge in [0.05, 0.1) is 18.6 Å². The summed E-state index contributed by atoms with van der Waals surface area (Å²) in [6, 6.07) is 0. The number of carbonyl (C=O) groups is 1. The van der Waals surface area contributed by atoms with E-state index >= 15 is 0 Å². The monoisotopic (exact) mass is 256 g/mol. The highest BCUT2D eigenvalue weighted by molar-refractivity contribution is 5.73. The van der Waals surface area contributed by atoms with E-state index in [1.165, 1.54) is 4.68 Å². The number of nitrogens with zero attached hydrogens (tertiary/aromatic N) is 4. The van der Waals surface area contributed by atoms with Crippen molar-refractivity contribution in [1.82, 2.24) is 20.2 Å². The first kappa shape index (κ1) is 14.6. The van der Waals surface area contributed by atoms with E-state index in [4.69, 9.17) is 9.84 Å². The van der Waals surface area contributed by atoms with E-state index in [0.717, 1.165) is 6.42 Å². The summed E-state index contributed by atoms with van der Waals surface area (Å²) in [7, 11) is 0. The Balaban J connectivity index is 2.57. The second-order valence-electron chi connectivity index (χ2n) is 4.80. The van der Waals surface area contributed by atoms with Gasteiger partial charge < -0.3 is 9.84 Å². The summed E-state index contributed by atoms with van der Waals surface area (Å²) in [5.41, 5.74) is -0.894. The van der Waals surface area contributed by atoms with Crippen molar-refractivity contribution < 1.29 is 14.6 Å². The third kappa shape index (κ3) is 4.06. The van der Waals surface area contributed by atoms with E-state index in [2.05, 4.69) is 15.5 Å². The minimum absolute atomic E-state index is 0.248. The van der Waals surface area contributed by atoms with Crippen LogP contribution in [-0.2, 0) is 22.5 Å². The fraction of sp³-hybridized carbons (Fsp3) is 0.818. The summed E-state index contributed by atoms with van der Waals surface area (Å²) in [5.74, 6) is -0.216. The van der Waals surface area contributed by atoms with Crippen molar-refractivity contribution in [2.45, 2.75) is 40.2 Å². The van der Waals surface area contributed by atoms with Crippen LogP contribution in [0.1, 0.15) is 33.0 Å². The Labute approximate surface area is 106 Å². The molecule has 1 aromatic rings. The van der Waals surface area contributed by atoms with Gasteiger partial charge in [-0.3, -0.25) is 4.79 Å². The molecule has 0 amide bonds. The molecule has 0 aromatic carbocycles. The van der Waals surface area contributed by atoms with Crippen LogP contribution in [0.15, 0.2) is 0 Å². The molecule has 0 aliphatic heterocycles. The average molecular weight is 256 g/mol. The van der Waals surface area contributed by atoms with E-state index in [1.807, 2.05) is 6.92 Å². The van der Waals surface area contributed by atoms with Crippen LogP contribution in [0.25, 0.3) is 0 Å². The van der Waals surface area contributed by atoms with Gasteiger partial charge in [0, 0.05) is 13.0 Å². The summed E-state index contributed by atoms with van der Waals surface area (Å²) in [4.78, 5) is 11.1. The van der Waals surface area contributed by atoms with Gasteiger partial charge in [-0.05, 0) is 30.7 Å². The zero-order chi connectivity index (χ0) is 13.6. The Bertz CT molecular complexity index is 389. The predicted octanol–water partition coefficient (Wildman–Crippen LogP) is 0.753. The van der Waals surface area contributed by atoms with Crippen LogP contribution in [0, 0.1) is 5.41 Å². The van der Waals surface area contributed by atoms with E-state index < -0.39 is 11.4 Å². The molecule has 0 aliphatic carbocycles. The van der Waals surface area contributed by atoms with E-state index in [0.29, 0.717) is 25.5 Å². The van der Waals surface area contributed by atoms with Crippen LogP contribution in [0.4, 0.5) is 0 Å². The molecule has 0 atom stereocenters. The summed E-state index contributed by atoms with van der Waals surface area (Å²) < 4.78 is 6.89. The van der Waals surface area contributed by atoms with Crippen molar-refractivity contribution in [1.29, 1.82) is 0 Å². The van der Waals surface area contributed by atoms with Gasteiger partial charge in [-0.1, -0.05) is 6.92 Å². The van der Waals surface area contributed by atoms with Crippen LogP contribution < -0.4 is 0 Å². The second-order valence-corrected chi connectivity index (χ2v) is 4.80. The molecular formula is C11H20N4O3. The van der Waals surface area contributed by atoms with Crippen LogP contribution >= 0.6 is 0 Å². The third-order valence-corrected chi connectivity index (χ3v) is 2.55. The first-order chi connectivity index (χ1) is 8.47. The molecule has 1 aromatic heterocycles. The summed E-state index contributed by atoms with van der Waals surface area (Å²) in [6.07, 6.45) is 1.56. The Hall–Kier alpha value is -1.50. The third-order valence-electron chi connectivity index (χ3n) is 2.55. The first-order valence-corrected chi connectivity index (χ1v) is 6.03. The largest absolute Gasteiger partial charge is 0.481 e. The molecule has 0 bridgehead atoms. The summed E-state index contributed by atoms with van der Waals surface area (Å²) >= 11 is 0. The summed E-state index contributed by atoms with van der Waals surface area (Å²) in [5, 5.41) is 20.4. The lowest BCUT2D eigenvalue weighted by molar-refractivity contribution is -0.147. The molecule has 1 N–H and O–H groups in total. The number of aliphatic carboxylic acids is 1. The van der Waals surface area contributed by atoms with Crippen molar-refractivity contribution in [2.75, 3.05) is 13.2 Å². The number of ether oxygens (including phenoxy) is 1. The lowest BCUT2D eigenvalue weighted by atomic mass is 9.94. The van der Waals surface area contributed by atoms with Gasteiger partial charge in [-0.15, -0.1) is 5.10 Å². The van der Waals surface area contributed by atoms with Gasteiger partial charge in [-0.2, -0.15) is 0 Å². The Kier molecular flexibility index (Phi) is 5.21. The molecule has 0 spiro atoms. The van der Waals surface area contributed by atoms with Gasteiger partial charge in [-0.25, -0.2) is 4.68 Å². The van der Waals surface area contributed by atoms with Crippen molar-refractivity contribution in [3.05, 3.63) is 5.82 Å². The Morgan fingerprint density at radius 3 is 2.78 bits per heavy atom. The number of hydrogen-bond acceptors (Lipinski definition) is 5. The molecule has 7 heteroatoms. The maximum absolute atomic E-state index is 11.1. The lowest BCUT2D eigenvalue weighted by Gasteiger charge is -2.19. The number of hydrogen-bond donors (Lipinski definition) is 1. The van der Waals surface area contributed by atoms with Crippen molar-refractivity contribution in [3.63, 3.8) is 0 Å². The molecular weight excluding hydrogens is 236 g/mol.